The van der Waals surface area contributed by atoms with Crippen LogP contribution in [0.4, 0.5) is 17.1 Å². The zero-order valence-electron chi connectivity index (χ0n) is 26.5. The smallest absolute Gasteiger partial charge is 0.0476 e. The number of hydrogen-bond acceptors (Lipinski definition) is 3. The van der Waals surface area contributed by atoms with Crippen molar-refractivity contribution in [2.45, 2.75) is 0 Å². The second-order valence-electron chi connectivity index (χ2n) is 12.6. The standard InChI is InChI=1S/C46H29NS2/c1-2-10-31(11-3-1)42-27-33(26-32-12-4-5-13-37(32)42)30-18-20-34(21-19-30)47(35-22-24-40-38-14-6-8-16-43(38)48-45(40)28-35)36-23-25-41-39-15-7-9-17-44(39)49-46(41)29-36/h1-29H. The Hall–Kier alpha value is -5.74. The Kier molecular flexibility index (Phi) is 6.61. The maximum absolute atomic E-state index is 2.41. The molecule has 49 heavy (non-hydrogen) atoms. The van der Waals surface area contributed by atoms with Crippen molar-refractivity contribution in [2.75, 3.05) is 4.90 Å². The lowest BCUT2D eigenvalue weighted by atomic mass is 9.93. The summed E-state index contributed by atoms with van der Waals surface area (Å²) in [5.41, 5.74) is 8.35. The summed E-state index contributed by atoms with van der Waals surface area (Å²) >= 11 is 3.73. The largest absolute Gasteiger partial charge is 0.310 e. The minimum atomic E-state index is 1.13. The molecule has 0 atom stereocenters. The summed E-state index contributed by atoms with van der Waals surface area (Å²) < 4.78 is 5.24. The molecule has 8 aromatic carbocycles. The normalized spacial score (nSPS) is 11.7. The van der Waals surface area contributed by atoms with Gasteiger partial charge >= 0.3 is 0 Å². The fourth-order valence-corrected chi connectivity index (χ4v) is 9.57. The Morgan fingerprint density at radius 2 is 0.816 bits per heavy atom. The molecule has 3 heteroatoms. The highest BCUT2D eigenvalue weighted by atomic mass is 32.1. The summed E-state index contributed by atoms with van der Waals surface area (Å²) in [4.78, 5) is 2.41. The molecule has 0 N–H and O–H groups in total. The first kappa shape index (κ1) is 28.3. The van der Waals surface area contributed by atoms with E-state index < -0.39 is 0 Å². The number of thiophene rings is 2. The molecule has 10 rings (SSSR count). The number of anilines is 3. The van der Waals surface area contributed by atoms with Crippen LogP contribution < -0.4 is 4.90 Å². The van der Waals surface area contributed by atoms with E-state index in [1.165, 1.54) is 73.4 Å². The Morgan fingerprint density at radius 1 is 0.306 bits per heavy atom. The maximum atomic E-state index is 2.41. The second-order valence-corrected chi connectivity index (χ2v) is 14.7. The average Bonchev–Trinajstić information content (AvgIpc) is 3.73. The highest BCUT2D eigenvalue weighted by molar-refractivity contribution is 7.26. The van der Waals surface area contributed by atoms with Crippen LogP contribution in [0.1, 0.15) is 0 Å². The van der Waals surface area contributed by atoms with E-state index in [1.807, 2.05) is 22.7 Å². The molecule has 0 amide bonds. The lowest BCUT2D eigenvalue weighted by molar-refractivity contribution is 1.30. The van der Waals surface area contributed by atoms with E-state index in [9.17, 15) is 0 Å². The van der Waals surface area contributed by atoms with E-state index >= 15 is 0 Å². The number of hydrogen-bond donors (Lipinski definition) is 0. The fraction of sp³-hybridized carbons (Fsp3) is 0. The minimum absolute atomic E-state index is 1.13. The molecule has 10 aromatic rings. The highest BCUT2D eigenvalue weighted by Gasteiger charge is 2.17. The SMILES string of the molecule is c1ccc(-c2cc(-c3ccc(N(c4ccc5c(c4)sc4ccccc45)c4ccc5c(c4)sc4ccccc45)cc3)cc3ccccc23)cc1. The number of benzene rings is 8. The molecule has 0 spiro atoms. The van der Waals surface area contributed by atoms with E-state index in [0.717, 1.165) is 17.1 Å². The van der Waals surface area contributed by atoms with E-state index in [-0.39, 0.29) is 0 Å². The van der Waals surface area contributed by atoms with Crippen LogP contribution in [0, 0.1) is 0 Å². The van der Waals surface area contributed by atoms with Crippen molar-refractivity contribution >= 4 is 90.9 Å². The number of nitrogens with zero attached hydrogens (tertiary/aromatic N) is 1. The van der Waals surface area contributed by atoms with Crippen molar-refractivity contribution < 1.29 is 0 Å². The molecule has 0 unspecified atom stereocenters. The molecule has 0 aliphatic heterocycles. The zero-order valence-corrected chi connectivity index (χ0v) is 28.1. The first-order valence-electron chi connectivity index (χ1n) is 16.6. The molecule has 0 fully saturated rings. The van der Waals surface area contributed by atoms with E-state index in [4.69, 9.17) is 0 Å². The number of rotatable bonds is 5. The highest BCUT2D eigenvalue weighted by Crippen LogP contribution is 2.44. The molecule has 0 radical (unpaired) electrons. The van der Waals surface area contributed by atoms with E-state index in [1.54, 1.807) is 0 Å². The fourth-order valence-electron chi connectivity index (χ4n) is 7.29. The van der Waals surface area contributed by atoms with Gasteiger partial charge in [0.05, 0.1) is 0 Å². The Balaban J connectivity index is 1.12. The molecule has 0 aliphatic carbocycles. The van der Waals surface area contributed by atoms with Crippen molar-refractivity contribution in [1.82, 2.24) is 0 Å². The van der Waals surface area contributed by atoms with Gasteiger partial charge in [-0.2, -0.15) is 0 Å². The van der Waals surface area contributed by atoms with Crippen LogP contribution >= 0.6 is 22.7 Å². The molecule has 0 saturated carbocycles. The van der Waals surface area contributed by atoms with Gasteiger partial charge in [-0.15, -0.1) is 22.7 Å². The van der Waals surface area contributed by atoms with Crippen molar-refractivity contribution in [1.29, 1.82) is 0 Å². The maximum Gasteiger partial charge on any atom is 0.0476 e. The second kappa shape index (κ2) is 11.5. The summed E-state index contributed by atoms with van der Waals surface area (Å²) in [5.74, 6) is 0. The first-order valence-corrected chi connectivity index (χ1v) is 18.2. The van der Waals surface area contributed by atoms with Gasteiger partial charge in [-0.05, 0) is 93.7 Å². The summed E-state index contributed by atoms with van der Waals surface area (Å²) in [6, 6.07) is 64.5. The minimum Gasteiger partial charge on any atom is -0.310 e. The van der Waals surface area contributed by atoms with Gasteiger partial charge in [0.25, 0.3) is 0 Å². The van der Waals surface area contributed by atoms with E-state index in [2.05, 4.69) is 181 Å². The molecule has 2 aromatic heterocycles. The van der Waals surface area contributed by atoms with Crippen LogP contribution in [0.25, 0.3) is 73.4 Å². The third-order valence-corrected chi connectivity index (χ3v) is 11.9. The predicted octanol–water partition coefficient (Wildman–Crippen LogP) is 14.4. The molecule has 230 valence electrons. The third kappa shape index (κ3) is 4.82. The van der Waals surface area contributed by atoms with Gasteiger partial charge in [-0.1, -0.05) is 115 Å². The molecule has 0 saturated heterocycles. The molecular weight excluding hydrogens is 631 g/mol. The van der Waals surface area contributed by atoms with Crippen LogP contribution in [0.3, 0.4) is 0 Å². The molecular formula is C46H29NS2. The van der Waals surface area contributed by atoms with Crippen LogP contribution in [0.15, 0.2) is 176 Å². The van der Waals surface area contributed by atoms with Gasteiger partial charge in [0.1, 0.15) is 0 Å². The Morgan fingerprint density at radius 3 is 1.45 bits per heavy atom. The van der Waals surface area contributed by atoms with Crippen LogP contribution in [-0.4, -0.2) is 0 Å². The van der Waals surface area contributed by atoms with Gasteiger partial charge in [0.15, 0.2) is 0 Å². The quantitative estimate of drug-likeness (QED) is 0.178. The average molecular weight is 660 g/mol. The van der Waals surface area contributed by atoms with Crippen molar-refractivity contribution in [2.24, 2.45) is 0 Å². The zero-order chi connectivity index (χ0) is 32.3. The first-order chi connectivity index (χ1) is 24.3. The lowest BCUT2D eigenvalue weighted by Crippen LogP contribution is -2.09. The van der Waals surface area contributed by atoms with Crippen molar-refractivity contribution in [3.63, 3.8) is 0 Å². The van der Waals surface area contributed by atoms with Crippen LogP contribution in [0.2, 0.25) is 0 Å². The predicted molar refractivity (Wildman–Crippen MR) is 215 cm³/mol. The van der Waals surface area contributed by atoms with E-state index in [0.29, 0.717) is 0 Å². The van der Waals surface area contributed by atoms with Gasteiger partial charge in [-0.25, -0.2) is 0 Å². The van der Waals surface area contributed by atoms with Crippen LogP contribution in [-0.2, 0) is 0 Å². The molecule has 0 bridgehead atoms. The number of fused-ring (bicyclic) bond motifs is 7. The summed E-state index contributed by atoms with van der Waals surface area (Å²) in [5, 5.41) is 7.78. The van der Waals surface area contributed by atoms with Crippen molar-refractivity contribution in [3.8, 4) is 22.3 Å². The molecule has 0 aliphatic rings. The van der Waals surface area contributed by atoms with Crippen LogP contribution in [0.5, 0.6) is 0 Å². The van der Waals surface area contributed by atoms with Gasteiger partial charge < -0.3 is 4.90 Å². The van der Waals surface area contributed by atoms with Gasteiger partial charge in [0.2, 0.25) is 0 Å². The summed E-state index contributed by atoms with van der Waals surface area (Å²) in [6.07, 6.45) is 0. The Bertz CT molecular complexity index is 2710. The monoisotopic (exact) mass is 659 g/mol. The molecule has 2 heterocycles. The molecule has 1 nitrogen and oxygen atoms in total. The van der Waals surface area contributed by atoms with Crippen molar-refractivity contribution in [3.05, 3.63) is 176 Å². The summed E-state index contributed by atoms with van der Waals surface area (Å²) in [6.45, 7) is 0. The Labute approximate surface area is 292 Å². The summed E-state index contributed by atoms with van der Waals surface area (Å²) in [7, 11) is 0. The van der Waals surface area contributed by atoms with Gasteiger partial charge in [-0.3, -0.25) is 0 Å². The van der Waals surface area contributed by atoms with Gasteiger partial charge in [0, 0.05) is 57.4 Å². The third-order valence-electron chi connectivity index (χ3n) is 9.65. The topological polar surface area (TPSA) is 3.24 Å². The lowest BCUT2D eigenvalue weighted by Gasteiger charge is -2.26.